The van der Waals surface area contributed by atoms with Crippen LogP contribution in [0.15, 0.2) is 34.9 Å². The number of carbonyl (C=O) groups is 1. The van der Waals surface area contributed by atoms with Crippen molar-refractivity contribution in [3.05, 3.63) is 56.3 Å². The summed E-state index contributed by atoms with van der Waals surface area (Å²) >= 11 is 3.23. The van der Waals surface area contributed by atoms with Gasteiger partial charge in [0, 0.05) is 16.7 Å². The predicted molar refractivity (Wildman–Crippen MR) is 74.3 cm³/mol. The first-order valence-electron chi connectivity index (χ1n) is 5.38. The van der Waals surface area contributed by atoms with E-state index in [1.165, 1.54) is 12.1 Å². The molecule has 6 nitrogen and oxygen atoms in total. The van der Waals surface area contributed by atoms with Gasteiger partial charge in [0.25, 0.3) is 11.6 Å². The second-order valence-corrected chi connectivity index (χ2v) is 4.81. The molecule has 0 aliphatic rings. The summed E-state index contributed by atoms with van der Waals surface area (Å²) in [4.78, 5) is 25.1. The van der Waals surface area contributed by atoms with Crippen molar-refractivity contribution in [1.29, 1.82) is 0 Å². The quantitative estimate of drug-likeness (QED) is 0.671. The Morgan fingerprint density at radius 1 is 1.47 bits per heavy atom. The zero-order valence-electron chi connectivity index (χ0n) is 9.94. The van der Waals surface area contributed by atoms with Gasteiger partial charge in [0.15, 0.2) is 0 Å². The van der Waals surface area contributed by atoms with Gasteiger partial charge in [-0.2, -0.15) is 0 Å². The Balaban J connectivity index is 2.27. The summed E-state index contributed by atoms with van der Waals surface area (Å²) in [5.41, 5.74) is 1.19. The second-order valence-electron chi connectivity index (χ2n) is 3.89. The molecule has 0 unspecified atom stereocenters. The number of anilines is 1. The van der Waals surface area contributed by atoms with Crippen molar-refractivity contribution >= 4 is 33.2 Å². The van der Waals surface area contributed by atoms with E-state index in [-0.39, 0.29) is 11.6 Å². The number of halogens is 1. The van der Waals surface area contributed by atoms with Crippen molar-refractivity contribution in [2.75, 3.05) is 5.32 Å². The Bertz CT molecular complexity index is 651. The zero-order valence-corrected chi connectivity index (χ0v) is 11.5. The van der Waals surface area contributed by atoms with Crippen LogP contribution in [0.5, 0.6) is 0 Å². The molecule has 0 atom stereocenters. The van der Waals surface area contributed by atoms with Gasteiger partial charge in [-0.05, 0) is 35.0 Å². The van der Waals surface area contributed by atoms with Gasteiger partial charge in [-0.1, -0.05) is 6.07 Å². The van der Waals surface area contributed by atoms with Crippen molar-refractivity contribution in [3.63, 3.8) is 0 Å². The van der Waals surface area contributed by atoms with Gasteiger partial charge in [0.05, 0.1) is 16.2 Å². The Hall–Kier alpha value is -2.15. The average molecular weight is 324 g/mol. The molecule has 98 valence electrons. The topological polar surface area (TPSA) is 88.0 Å². The number of hydrogen-bond donors (Lipinski definition) is 2. The fourth-order valence-corrected chi connectivity index (χ4v) is 1.99. The number of hydrogen-bond acceptors (Lipinski definition) is 3. The number of nitro groups is 1. The van der Waals surface area contributed by atoms with E-state index in [1.807, 2.05) is 0 Å². The van der Waals surface area contributed by atoms with Crippen molar-refractivity contribution in [1.82, 2.24) is 4.98 Å². The molecule has 2 aromatic rings. The molecular weight excluding hydrogens is 314 g/mol. The third-order valence-electron chi connectivity index (χ3n) is 2.64. The summed E-state index contributed by atoms with van der Waals surface area (Å²) in [6.45, 7) is 1.60. The third kappa shape index (κ3) is 2.82. The van der Waals surface area contributed by atoms with Crippen LogP contribution in [0, 0.1) is 17.0 Å². The second kappa shape index (κ2) is 5.23. The molecule has 1 aromatic carbocycles. The van der Waals surface area contributed by atoms with E-state index in [9.17, 15) is 14.9 Å². The van der Waals surface area contributed by atoms with Crippen LogP contribution in [0.25, 0.3) is 0 Å². The van der Waals surface area contributed by atoms with E-state index in [4.69, 9.17) is 0 Å². The van der Waals surface area contributed by atoms with Crippen molar-refractivity contribution < 1.29 is 9.72 Å². The van der Waals surface area contributed by atoms with Crippen LogP contribution in [0.2, 0.25) is 0 Å². The number of nitrogens with zero attached hydrogens (tertiary/aromatic N) is 1. The SMILES string of the molecule is Cc1c(NC(=O)c2cc(Br)c[nH]2)cccc1[N+](=O)[O-]. The molecule has 2 rings (SSSR count). The van der Waals surface area contributed by atoms with Crippen LogP contribution in [0.4, 0.5) is 11.4 Å². The molecule has 1 amide bonds. The minimum atomic E-state index is -0.476. The van der Waals surface area contributed by atoms with Gasteiger partial charge in [0.1, 0.15) is 5.69 Å². The monoisotopic (exact) mass is 323 g/mol. The predicted octanol–water partition coefficient (Wildman–Crippen LogP) is 3.25. The number of amides is 1. The Morgan fingerprint density at radius 2 is 2.21 bits per heavy atom. The number of nitro benzene ring substituents is 1. The highest BCUT2D eigenvalue weighted by molar-refractivity contribution is 9.10. The molecule has 0 bridgehead atoms. The number of aromatic nitrogens is 1. The maximum atomic E-state index is 11.9. The summed E-state index contributed by atoms with van der Waals surface area (Å²) in [5.74, 6) is -0.353. The highest BCUT2D eigenvalue weighted by Crippen LogP contribution is 2.25. The zero-order chi connectivity index (χ0) is 14.0. The van der Waals surface area contributed by atoms with Crippen molar-refractivity contribution in [2.45, 2.75) is 6.92 Å². The normalized spacial score (nSPS) is 10.2. The van der Waals surface area contributed by atoms with Crippen LogP contribution in [0.3, 0.4) is 0 Å². The maximum Gasteiger partial charge on any atom is 0.274 e. The number of benzene rings is 1. The first-order valence-corrected chi connectivity index (χ1v) is 6.17. The minimum absolute atomic E-state index is 0.0227. The molecule has 7 heteroatoms. The molecule has 2 N–H and O–H groups in total. The van der Waals surface area contributed by atoms with Gasteiger partial charge in [-0.15, -0.1) is 0 Å². The third-order valence-corrected chi connectivity index (χ3v) is 3.10. The number of H-pyrrole nitrogens is 1. The van der Waals surface area contributed by atoms with Crippen LogP contribution in [0.1, 0.15) is 16.1 Å². The molecule has 0 aliphatic heterocycles. The fraction of sp³-hybridized carbons (Fsp3) is 0.0833. The van der Waals surface area contributed by atoms with Gasteiger partial charge in [-0.25, -0.2) is 0 Å². The molecule has 0 saturated heterocycles. The first kappa shape index (κ1) is 13.3. The van der Waals surface area contributed by atoms with E-state index in [1.54, 1.807) is 25.3 Å². The van der Waals surface area contributed by atoms with Crippen LogP contribution < -0.4 is 5.32 Å². The Kier molecular flexibility index (Phi) is 3.66. The maximum absolute atomic E-state index is 11.9. The van der Waals surface area contributed by atoms with E-state index in [0.717, 1.165) is 4.47 Å². The fourth-order valence-electron chi connectivity index (χ4n) is 1.65. The van der Waals surface area contributed by atoms with Gasteiger partial charge in [0.2, 0.25) is 0 Å². The molecule has 0 radical (unpaired) electrons. The molecule has 1 heterocycles. The largest absolute Gasteiger partial charge is 0.356 e. The van der Waals surface area contributed by atoms with Crippen LogP contribution >= 0.6 is 15.9 Å². The molecule has 1 aromatic heterocycles. The van der Waals surface area contributed by atoms with E-state index in [2.05, 4.69) is 26.2 Å². The lowest BCUT2D eigenvalue weighted by molar-refractivity contribution is -0.385. The Morgan fingerprint density at radius 3 is 2.79 bits per heavy atom. The molecule has 0 fully saturated rings. The van der Waals surface area contributed by atoms with Gasteiger partial charge < -0.3 is 10.3 Å². The number of rotatable bonds is 3. The van der Waals surface area contributed by atoms with Crippen LogP contribution in [-0.2, 0) is 0 Å². The summed E-state index contributed by atoms with van der Waals surface area (Å²) < 4.78 is 0.758. The van der Waals surface area contributed by atoms with Crippen LogP contribution in [-0.4, -0.2) is 15.8 Å². The molecule has 19 heavy (non-hydrogen) atoms. The van der Waals surface area contributed by atoms with Crippen molar-refractivity contribution in [3.8, 4) is 0 Å². The number of aromatic amines is 1. The standard InChI is InChI=1S/C12H10BrN3O3/c1-7-9(3-2-4-11(7)16(18)19)15-12(17)10-5-8(13)6-14-10/h2-6,14H,1H3,(H,15,17). The summed E-state index contributed by atoms with van der Waals surface area (Å²) in [5, 5.41) is 13.5. The average Bonchev–Trinajstić information content (AvgIpc) is 2.78. The lowest BCUT2D eigenvalue weighted by atomic mass is 10.1. The van der Waals surface area contributed by atoms with Gasteiger partial charge in [-0.3, -0.25) is 14.9 Å². The highest BCUT2D eigenvalue weighted by Gasteiger charge is 2.16. The molecular formula is C12H10BrN3O3. The van der Waals surface area contributed by atoms with E-state index in [0.29, 0.717) is 16.9 Å². The molecule has 0 aliphatic carbocycles. The smallest absolute Gasteiger partial charge is 0.274 e. The molecule has 0 spiro atoms. The summed E-state index contributed by atoms with van der Waals surface area (Å²) in [7, 11) is 0. The van der Waals surface area contributed by atoms with Crippen molar-refractivity contribution in [2.24, 2.45) is 0 Å². The number of carbonyl (C=O) groups excluding carboxylic acids is 1. The lowest BCUT2D eigenvalue weighted by Gasteiger charge is -2.07. The minimum Gasteiger partial charge on any atom is -0.356 e. The van der Waals surface area contributed by atoms with Gasteiger partial charge >= 0.3 is 0 Å². The summed E-state index contributed by atoms with van der Waals surface area (Å²) in [6, 6.07) is 6.18. The first-order chi connectivity index (χ1) is 8.99. The van der Waals surface area contributed by atoms with E-state index >= 15 is 0 Å². The Labute approximate surface area is 117 Å². The highest BCUT2D eigenvalue weighted by atomic mass is 79.9. The van der Waals surface area contributed by atoms with E-state index < -0.39 is 4.92 Å². The number of nitrogens with one attached hydrogen (secondary N) is 2. The molecule has 0 saturated carbocycles. The summed E-state index contributed by atoms with van der Waals surface area (Å²) in [6.07, 6.45) is 1.63. The lowest BCUT2D eigenvalue weighted by Crippen LogP contribution is -2.13.